The van der Waals surface area contributed by atoms with E-state index >= 15 is 0 Å². The number of likely N-dealkylation sites (tertiary alicyclic amines) is 1. The average molecular weight is 276 g/mol. The molecule has 2 aromatic rings. The van der Waals surface area contributed by atoms with Crippen LogP contribution in [-0.4, -0.2) is 22.7 Å². The van der Waals surface area contributed by atoms with Crippen molar-refractivity contribution in [2.75, 3.05) is 6.54 Å². The fourth-order valence-corrected chi connectivity index (χ4v) is 2.80. The van der Waals surface area contributed by atoms with E-state index in [1.807, 2.05) is 42.5 Å². The maximum atomic E-state index is 12.1. The van der Waals surface area contributed by atoms with Crippen LogP contribution in [0.1, 0.15) is 23.8 Å². The number of hydrogen-bond acceptors (Lipinski definition) is 2. The van der Waals surface area contributed by atoms with Crippen molar-refractivity contribution in [1.82, 2.24) is 4.90 Å². The van der Waals surface area contributed by atoms with E-state index in [0.717, 1.165) is 11.3 Å². The summed E-state index contributed by atoms with van der Waals surface area (Å²) in [4.78, 5) is 13.9. The third-order valence-electron chi connectivity index (χ3n) is 3.35. The Bertz CT molecular complexity index is 553. The maximum absolute atomic E-state index is 12.1. The van der Waals surface area contributed by atoms with Gasteiger partial charge in [-0.3, -0.25) is 4.79 Å². The number of carbonyl (C=O) groups excluding carboxylic acids is 1. The summed E-state index contributed by atoms with van der Waals surface area (Å²) in [6.45, 7) is 0.556. The Morgan fingerprint density at radius 1 is 1.21 bits per heavy atom. The van der Waals surface area contributed by atoms with Crippen LogP contribution in [-0.2, 0) is 4.79 Å². The summed E-state index contributed by atoms with van der Waals surface area (Å²) >= 11 is 6.10. The molecule has 3 rings (SSSR count). The molecule has 3 nitrogen and oxygen atoms in total. The number of furan rings is 1. The van der Waals surface area contributed by atoms with E-state index in [4.69, 9.17) is 16.0 Å². The first-order valence-electron chi connectivity index (χ1n) is 6.27. The lowest BCUT2D eigenvalue weighted by Gasteiger charge is -2.26. The molecule has 2 atom stereocenters. The Balaban J connectivity index is 2.00. The van der Waals surface area contributed by atoms with Gasteiger partial charge in [0.15, 0.2) is 0 Å². The molecule has 0 saturated carbocycles. The van der Waals surface area contributed by atoms with Crippen molar-refractivity contribution >= 4 is 17.5 Å². The van der Waals surface area contributed by atoms with E-state index in [0.29, 0.717) is 13.0 Å². The molecule has 98 valence electrons. The first kappa shape index (κ1) is 12.3. The van der Waals surface area contributed by atoms with Crippen molar-refractivity contribution in [2.24, 2.45) is 0 Å². The molecular formula is C15H14ClNO2. The third-order valence-corrected chi connectivity index (χ3v) is 3.64. The molecule has 1 aromatic heterocycles. The summed E-state index contributed by atoms with van der Waals surface area (Å²) in [7, 11) is 0. The Morgan fingerprint density at radius 2 is 2.00 bits per heavy atom. The summed E-state index contributed by atoms with van der Waals surface area (Å²) in [5, 5.41) is -0.117. The summed E-state index contributed by atoms with van der Waals surface area (Å²) in [6.07, 6.45) is 2.02. The largest absolute Gasteiger partial charge is 0.467 e. The second kappa shape index (κ2) is 5.10. The van der Waals surface area contributed by atoms with Gasteiger partial charge < -0.3 is 9.32 Å². The summed E-state index contributed by atoms with van der Waals surface area (Å²) in [6, 6.07) is 13.4. The molecule has 1 aliphatic heterocycles. The van der Waals surface area contributed by atoms with E-state index < -0.39 is 0 Å². The van der Waals surface area contributed by atoms with Gasteiger partial charge in [-0.05, 0) is 17.7 Å². The summed E-state index contributed by atoms with van der Waals surface area (Å²) in [5.74, 6) is 0.843. The normalized spacial score (nSPS) is 20.8. The number of benzene rings is 1. The molecule has 0 N–H and O–H groups in total. The SMILES string of the molecule is O=C1CC(Cl)CN1C(c1ccccc1)c1ccco1. The van der Waals surface area contributed by atoms with Gasteiger partial charge in [0.05, 0.1) is 11.6 Å². The zero-order valence-electron chi connectivity index (χ0n) is 10.3. The highest BCUT2D eigenvalue weighted by molar-refractivity contribution is 6.22. The number of alkyl halides is 1. The molecule has 1 amide bonds. The molecule has 4 heteroatoms. The van der Waals surface area contributed by atoms with E-state index in [-0.39, 0.29) is 17.3 Å². The Labute approximate surface area is 116 Å². The van der Waals surface area contributed by atoms with Gasteiger partial charge in [-0.15, -0.1) is 11.6 Å². The minimum Gasteiger partial charge on any atom is -0.467 e. The van der Waals surface area contributed by atoms with Gasteiger partial charge in [0, 0.05) is 13.0 Å². The molecule has 0 spiro atoms. The van der Waals surface area contributed by atoms with Crippen LogP contribution in [0.15, 0.2) is 53.1 Å². The van der Waals surface area contributed by atoms with Crippen LogP contribution in [0, 0.1) is 0 Å². The Kier molecular flexibility index (Phi) is 3.30. The molecule has 0 aliphatic carbocycles. The van der Waals surface area contributed by atoms with Gasteiger partial charge in [-0.1, -0.05) is 30.3 Å². The zero-order chi connectivity index (χ0) is 13.2. The van der Waals surface area contributed by atoms with Crippen LogP contribution in [0.2, 0.25) is 0 Å². The fourth-order valence-electron chi connectivity index (χ4n) is 2.52. The van der Waals surface area contributed by atoms with Gasteiger partial charge in [0.2, 0.25) is 5.91 Å². The van der Waals surface area contributed by atoms with Gasteiger partial charge in [-0.25, -0.2) is 0 Å². The Morgan fingerprint density at radius 3 is 2.58 bits per heavy atom. The van der Waals surface area contributed by atoms with Gasteiger partial charge in [-0.2, -0.15) is 0 Å². The molecule has 1 aliphatic rings. The van der Waals surface area contributed by atoms with Crippen LogP contribution >= 0.6 is 11.6 Å². The molecule has 2 unspecified atom stereocenters. The zero-order valence-corrected chi connectivity index (χ0v) is 11.1. The second-order valence-corrected chi connectivity index (χ2v) is 5.29. The molecule has 1 fully saturated rings. The molecule has 0 bridgehead atoms. The van der Waals surface area contributed by atoms with Crippen molar-refractivity contribution in [2.45, 2.75) is 17.8 Å². The number of amides is 1. The lowest BCUT2D eigenvalue weighted by Crippen LogP contribution is -2.31. The highest BCUT2D eigenvalue weighted by Crippen LogP contribution is 2.33. The Hall–Kier alpha value is -1.74. The van der Waals surface area contributed by atoms with Crippen LogP contribution in [0.5, 0.6) is 0 Å². The van der Waals surface area contributed by atoms with E-state index in [9.17, 15) is 4.79 Å². The number of carbonyl (C=O) groups is 1. The molecule has 2 heterocycles. The quantitative estimate of drug-likeness (QED) is 0.806. The van der Waals surface area contributed by atoms with Gasteiger partial charge in [0.25, 0.3) is 0 Å². The predicted octanol–water partition coefficient (Wildman–Crippen LogP) is 3.21. The minimum absolute atomic E-state index is 0.0743. The van der Waals surface area contributed by atoms with Crippen molar-refractivity contribution in [3.8, 4) is 0 Å². The standard InChI is InChI=1S/C15H14ClNO2/c16-12-9-14(18)17(10-12)15(13-7-4-8-19-13)11-5-2-1-3-6-11/h1-8,12,15H,9-10H2. The molecule has 1 saturated heterocycles. The van der Waals surface area contributed by atoms with E-state index in [2.05, 4.69) is 0 Å². The first-order chi connectivity index (χ1) is 9.25. The summed E-state index contributed by atoms with van der Waals surface area (Å²) in [5.41, 5.74) is 1.04. The summed E-state index contributed by atoms with van der Waals surface area (Å²) < 4.78 is 5.51. The van der Waals surface area contributed by atoms with Gasteiger partial charge in [0.1, 0.15) is 11.8 Å². The number of hydrogen-bond donors (Lipinski definition) is 0. The van der Waals surface area contributed by atoms with Gasteiger partial charge >= 0.3 is 0 Å². The smallest absolute Gasteiger partial charge is 0.225 e. The third kappa shape index (κ3) is 2.38. The lowest BCUT2D eigenvalue weighted by molar-refractivity contribution is -0.129. The maximum Gasteiger partial charge on any atom is 0.225 e. The van der Waals surface area contributed by atoms with Crippen molar-refractivity contribution in [3.05, 3.63) is 60.1 Å². The highest BCUT2D eigenvalue weighted by Gasteiger charge is 2.36. The van der Waals surface area contributed by atoms with Crippen molar-refractivity contribution in [3.63, 3.8) is 0 Å². The lowest BCUT2D eigenvalue weighted by atomic mass is 10.0. The van der Waals surface area contributed by atoms with Crippen LogP contribution in [0.4, 0.5) is 0 Å². The van der Waals surface area contributed by atoms with Crippen LogP contribution < -0.4 is 0 Å². The second-order valence-electron chi connectivity index (χ2n) is 4.68. The first-order valence-corrected chi connectivity index (χ1v) is 6.71. The predicted molar refractivity (Wildman–Crippen MR) is 73.0 cm³/mol. The molecular weight excluding hydrogens is 262 g/mol. The van der Waals surface area contributed by atoms with E-state index in [1.165, 1.54) is 0 Å². The molecule has 0 radical (unpaired) electrons. The number of rotatable bonds is 3. The van der Waals surface area contributed by atoms with Crippen molar-refractivity contribution < 1.29 is 9.21 Å². The van der Waals surface area contributed by atoms with Crippen LogP contribution in [0.25, 0.3) is 0 Å². The average Bonchev–Trinajstić information content (AvgIpc) is 3.03. The minimum atomic E-state index is -0.188. The molecule has 19 heavy (non-hydrogen) atoms. The fraction of sp³-hybridized carbons (Fsp3) is 0.267. The van der Waals surface area contributed by atoms with E-state index in [1.54, 1.807) is 11.2 Å². The highest BCUT2D eigenvalue weighted by atomic mass is 35.5. The van der Waals surface area contributed by atoms with Crippen LogP contribution in [0.3, 0.4) is 0 Å². The van der Waals surface area contributed by atoms with Crippen molar-refractivity contribution in [1.29, 1.82) is 0 Å². The number of nitrogens with zero attached hydrogens (tertiary/aromatic N) is 1. The topological polar surface area (TPSA) is 33.5 Å². The monoisotopic (exact) mass is 275 g/mol. The number of halogens is 1. The molecule has 1 aromatic carbocycles.